The van der Waals surface area contributed by atoms with Crippen LogP contribution in [0, 0.1) is 5.82 Å². The first-order valence-electron chi connectivity index (χ1n) is 9.31. The van der Waals surface area contributed by atoms with Gasteiger partial charge >= 0.3 is 12.1 Å². The number of alkyl halides is 3. The first-order chi connectivity index (χ1) is 15.5. The number of fused-ring (bicyclic) bond motifs is 2. The highest BCUT2D eigenvalue weighted by Crippen LogP contribution is 2.40. The van der Waals surface area contributed by atoms with Crippen molar-refractivity contribution in [3.63, 3.8) is 0 Å². The molecule has 0 fully saturated rings. The Labute approximate surface area is 187 Å². The molecule has 0 aliphatic heterocycles. The van der Waals surface area contributed by atoms with Crippen LogP contribution in [-0.2, 0) is 9.59 Å². The van der Waals surface area contributed by atoms with Gasteiger partial charge in [-0.15, -0.1) is 0 Å². The summed E-state index contributed by atoms with van der Waals surface area (Å²) < 4.78 is 54.8. The molecule has 4 rings (SSSR count). The van der Waals surface area contributed by atoms with E-state index in [4.69, 9.17) is 11.6 Å². The lowest BCUT2D eigenvalue weighted by atomic mass is 9.98. The van der Waals surface area contributed by atoms with E-state index in [-0.39, 0.29) is 39.4 Å². The second-order valence-electron chi connectivity index (χ2n) is 7.11. The van der Waals surface area contributed by atoms with Gasteiger partial charge in [0.05, 0.1) is 40.9 Å². The van der Waals surface area contributed by atoms with Crippen LogP contribution in [0.3, 0.4) is 0 Å². The molecule has 1 atom stereocenters. The maximum absolute atomic E-state index is 15.3. The van der Waals surface area contributed by atoms with Gasteiger partial charge in [0, 0.05) is 29.6 Å². The number of rotatable bonds is 4. The summed E-state index contributed by atoms with van der Waals surface area (Å²) in [5.74, 6) is -3.30. The number of aromatic amines is 1. The fourth-order valence-corrected chi connectivity index (χ4v) is 3.71. The average Bonchev–Trinajstić information content (AvgIpc) is 3.33. The fraction of sp³-hybridized carbons (Fsp3) is 0.211. The van der Waals surface area contributed by atoms with Crippen molar-refractivity contribution in [2.24, 2.45) is 0 Å². The Morgan fingerprint density at radius 2 is 1.97 bits per heavy atom. The number of nitrogens with one attached hydrogen (secondary N) is 3. The molecule has 9 nitrogen and oxygen atoms in total. The van der Waals surface area contributed by atoms with Gasteiger partial charge in [-0.25, -0.2) is 9.37 Å². The molecule has 33 heavy (non-hydrogen) atoms. The standard InChI is InChI=1S/C19H14ClF4N7O2/c1-7(27-18(33)19(22,23)24)13-16(21)15(20)14(9-3-26-30-17(9)13)10-5-31-6-11(28-8(2)32)29-12(31)4-25-10/h3-7H,1-2H3,(H,26,30)(H,27,33)(H,28,32)/t7-/m0/s1. The zero-order chi connectivity index (χ0) is 24.1. The lowest BCUT2D eigenvalue weighted by Gasteiger charge is -2.19. The van der Waals surface area contributed by atoms with E-state index < -0.39 is 29.0 Å². The Kier molecular flexibility index (Phi) is 5.44. The number of H-pyrrole nitrogens is 1. The predicted octanol–water partition coefficient (Wildman–Crippen LogP) is 3.76. The quantitative estimate of drug-likeness (QED) is 0.382. The highest BCUT2D eigenvalue weighted by atomic mass is 35.5. The highest BCUT2D eigenvalue weighted by molar-refractivity contribution is 6.35. The molecule has 0 saturated carbocycles. The molecule has 0 bridgehead atoms. The first kappa shape index (κ1) is 22.5. The predicted molar refractivity (Wildman–Crippen MR) is 110 cm³/mol. The third-order valence-electron chi connectivity index (χ3n) is 4.77. The molecule has 4 aromatic rings. The van der Waals surface area contributed by atoms with Crippen molar-refractivity contribution in [2.45, 2.75) is 26.1 Å². The van der Waals surface area contributed by atoms with Crippen molar-refractivity contribution in [2.75, 3.05) is 5.32 Å². The van der Waals surface area contributed by atoms with E-state index in [2.05, 4.69) is 25.5 Å². The number of anilines is 1. The topological polar surface area (TPSA) is 117 Å². The number of nitrogens with zero attached hydrogens (tertiary/aromatic N) is 4. The number of carbonyl (C=O) groups excluding carboxylic acids is 2. The van der Waals surface area contributed by atoms with Gasteiger partial charge in [-0.2, -0.15) is 18.3 Å². The smallest absolute Gasteiger partial charge is 0.342 e. The van der Waals surface area contributed by atoms with Crippen LogP contribution >= 0.6 is 11.6 Å². The number of benzene rings is 1. The molecule has 0 aliphatic carbocycles. The van der Waals surface area contributed by atoms with E-state index in [0.29, 0.717) is 5.65 Å². The molecule has 0 saturated heterocycles. The molecule has 3 N–H and O–H groups in total. The van der Waals surface area contributed by atoms with Gasteiger partial charge in [0.25, 0.3) is 0 Å². The van der Waals surface area contributed by atoms with Gasteiger partial charge in [0.2, 0.25) is 5.91 Å². The van der Waals surface area contributed by atoms with E-state index >= 15 is 4.39 Å². The summed E-state index contributed by atoms with van der Waals surface area (Å²) in [7, 11) is 0. The van der Waals surface area contributed by atoms with Crippen molar-refractivity contribution in [1.82, 2.24) is 29.9 Å². The molecule has 14 heteroatoms. The summed E-state index contributed by atoms with van der Waals surface area (Å²) in [5, 5.41) is 10.5. The second kappa shape index (κ2) is 7.99. The molecule has 3 heterocycles. The van der Waals surface area contributed by atoms with Gasteiger partial charge < -0.3 is 15.0 Å². The Morgan fingerprint density at radius 1 is 1.24 bits per heavy atom. The van der Waals surface area contributed by atoms with Crippen molar-refractivity contribution in [1.29, 1.82) is 0 Å². The van der Waals surface area contributed by atoms with Crippen molar-refractivity contribution in [3.8, 4) is 11.3 Å². The van der Waals surface area contributed by atoms with Crippen LogP contribution in [-0.4, -0.2) is 42.6 Å². The molecule has 0 aliphatic rings. The van der Waals surface area contributed by atoms with Crippen LogP contribution in [0.25, 0.3) is 27.8 Å². The minimum absolute atomic E-state index is 0.0494. The average molecular weight is 484 g/mol. The summed E-state index contributed by atoms with van der Waals surface area (Å²) >= 11 is 6.29. The van der Waals surface area contributed by atoms with E-state index in [1.807, 2.05) is 0 Å². The van der Waals surface area contributed by atoms with Crippen molar-refractivity contribution >= 4 is 45.8 Å². The molecule has 0 spiro atoms. The van der Waals surface area contributed by atoms with Gasteiger partial charge in [-0.1, -0.05) is 11.6 Å². The number of carbonyl (C=O) groups is 2. The fourth-order valence-electron chi connectivity index (χ4n) is 3.41. The normalized spacial score (nSPS) is 12.8. The summed E-state index contributed by atoms with van der Waals surface area (Å²) in [5.41, 5.74) is 0.497. The number of hydrogen-bond donors (Lipinski definition) is 3. The first-order valence-corrected chi connectivity index (χ1v) is 9.69. The Hall–Kier alpha value is -3.74. The number of amides is 2. The van der Waals surface area contributed by atoms with E-state index in [0.717, 1.165) is 0 Å². The molecular weight excluding hydrogens is 470 g/mol. The van der Waals surface area contributed by atoms with Crippen LogP contribution in [0.1, 0.15) is 25.5 Å². The van der Waals surface area contributed by atoms with Gasteiger partial charge in [-0.3, -0.25) is 19.7 Å². The molecule has 172 valence electrons. The zero-order valence-corrected chi connectivity index (χ0v) is 17.6. The number of hydrogen-bond acceptors (Lipinski definition) is 5. The monoisotopic (exact) mass is 483 g/mol. The van der Waals surface area contributed by atoms with E-state index in [9.17, 15) is 22.8 Å². The third-order valence-corrected chi connectivity index (χ3v) is 5.12. The minimum Gasteiger partial charge on any atom is -0.342 e. The Bertz CT molecular complexity index is 1410. The maximum Gasteiger partial charge on any atom is 0.471 e. The molecule has 0 unspecified atom stereocenters. The van der Waals surface area contributed by atoms with Crippen LogP contribution in [0.4, 0.5) is 23.4 Å². The lowest BCUT2D eigenvalue weighted by Crippen LogP contribution is -2.38. The summed E-state index contributed by atoms with van der Waals surface area (Å²) in [6, 6.07) is -1.38. The largest absolute Gasteiger partial charge is 0.471 e. The number of halogens is 5. The SMILES string of the molecule is CC(=O)Nc1cn2cc(-c3c(Cl)c(F)c([C@H](C)NC(=O)C(F)(F)F)c4[nH]ncc34)ncc2n1. The Morgan fingerprint density at radius 3 is 2.64 bits per heavy atom. The van der Waals surface area contributed by atoms with Crippen LogP contribution in [0.5, 0.6) is 0 Å². The molecule has 0 radical (unpaired) electrons. The summed E-state index contributed by atoms with van der Waals surface area (Å²) in [6.07, 6.45) is 0.570. The van der Waals surface area contributed by atoms with E-state index in [1.165, 1.54) is 43.0 Å². The van der Waals surface area contributed by atoms with E-state index in [1.54, 1.807) is 5.32 Å². The molecular formula is C19H14ClF4N7O2. The summed E-state index contributed by atoms with van der Waals surface area (Å²) in [4.78, 5) is 31.0. The third kappa shape index (κ3) is 4.06. The van der Waals surface area contributed by atoms with Crippen molar-refractivity contribution < 1.29 is 27.2 Å². The zero-order valence-electron chi connectivity index (χ0n) is 16.9. The van der Waals surface area contributed by atoms with Gasteiger partial charge in [0.1, 0.15) is 5.82 Å². The number of aromatic nitrogens is 5. The lowest BCUT2D eigenvalue weighted by molar-refractivity contribution is -0.174. The molecule has 2 amide bonds. The van der Waals surface area contributed by atoms with Crippen molar-refractivity contribution in [3.05, 3.63) is 41.2 Å². The van der Waals surface area contributed by atoms with Crippen LogP contribution in [0.15, 0.2) is 24.8 Å². The highest BCUT2D eigenvalue weighted by Gasteiger charge is 2.40. The Balaban J connectivity index is 1.83. The van der Waals surface area contributed by atoms with Gasteiger partial charge in [0.15, 0.2) is 11.5 Å². The number of imidazole rings is 1. The van der Waals surface area contributed by atoms with Crippen LogP contribution < -0.4 is 10.6 Å². The maximum atomic E-state index is 15.3. The minimum atomic E-state index is -5.14. The molecule has 3 aromatic heterocycles. The summed E-state index contributed by atoms with van der Waals surface area (Å²) in [6.45, 7) is 2.52. The molecule has 1 aromatic carbocycles. The second-order valence-corrected chi connectivity index (χ2v) is 7.49. The van der Waals surface area contributed by atoms with Crippen LogP contribution in [0.2, 0.25) is 5.02 Å². The van der Waals surface area contributed by atoms with Gasteiger partial charge in [-0.05, 0) is 6.92 Å².